The van der Waals surface area contributed by atoms with E-state index in [1.165, 1.54) is 0 Å². The van der Waals surface area contributed by atoms with E-state index in [9.17, 15) is 4.79 Å². The summed E-state index contributed by atoms with van der Waals surface area (Å²) in [6.45, 7) is 3.97. The zero-order valence-electron chi connectivity index (χ0n) is 13.7. The van der Waals surface area contributed by atoms with Crippen LogP contribution >= 0.6 is 0 Å². The average molecular weight is 313 g/mol. The molecule has 1 aliphatic rings. The average Bonchev–Trinajstić information content (AvgIpc) is 2.61. The van der Waals surface area contributed by atoms with Gasteiger partial charge >= 0.3 is 0 Å². The highest BCUT2D eigenvalue weighted by Crippen LogP contribution is 2.28. The second-order valence-electron chi connectivity index (χ2n) is 5.92. The molecular weight excluding hydrogens is 290 g/mol. The number of hydrogen-bond acceptors (Lipinski definition) is 3. The van der Waals surface area contributed by atoms with Crippen LogP contribution in [0.3, 0.4) is 0 Å². The van der Waals surface area contributed by atoms with E-state index in [4.69, 9.17) is 9.47 Å². The summed E-state index contributed by atoms with van der Waals surface area (Å²) in [6, 6.07) is 12.4. The van der Waals surface area contributed by atoms with Crippen molar-refractivity contribution in [3.05, 3.63) is 42.0 Å². The van der Waals surface area contributed by atoms with Gasteiger partial charge in [-0.1, -0.05) is 25.1 Å². The van der Waals surface area contributed by atoms with Crippen LogP contribution in [-0.4, -0.2) is 37.6 Å². The van der Waals surface area contributed by atoms with Crippen molar-refractivity contribution in [2.45, 2.75) is 25.9 Å². The smallest absolute Gasteiger partial charge is 0.222 e. The highest BCUT2D eigenvalue weighted by Gasteiger charge is 2.24. The van der Waals surface area contributed by atoms with Crippen LogP contribution in [0, 0.1) is 0 Å². The van der Waals surface area contributed by atoms with Crippen LogP contribution in [0.25, 0.3) is 10.8 Å². The van der Waals surface area contributed by atoms with Crippen LogP contribution in [-0.2, 0) is 9.53 Å². The van der Waals surface area contributed by atoms with Gasteiger partial charge in [-0.3, -0.25) is 4.79 Å². The standard InChI is InChI=1S/C19H23NO3/c1-3-4-19(21)20-9-10-23-18(13-20)16-6-5-15-12-17(22-2)8-7-14(15)11-16/h5-8,11-12,18H,3-4,9-10,13H2,1-2H3. The monoisotopic (exact) mass is 313 g/mol. The zero-order valence-corrected chi connectivity index (χ0v) is 13.7. The van der Waals surface area contributed by atoms with Crippen molar-refractivity contribution in [2.75, 3.05) is 26.8 Å². The Morgan fingerprint density at radius 2 is 2.04 bits per heavy atom. The number of nitrogens with zero attached hydrogens (tertiary/aromatic N) is 1. The maximum absolute atomic E-state index is 12.1. The van der Waals surface area contributed by atoms with Crippen molar-refractivity contribution >= 4 is 16.7 Å². The third kappa shape index (κ3) is 3.48. The van der Waals surface area contributed by atoms with E-state index in [0.717, 1.165) is 28.5 Å². The number of carbonyl (C=O) groups is 1. The second-order valence-corrected chi connectivity index (χ2v) is 5.92. The first-order chi connectivity index (χ1) is 11.2. The lowest BCUT2D eigenvalue weighted by molar-refractivity contribution is -0.139. The molecule has 0 radical (unpaired) electrons. The molecule has 1 unspecified atom stereocenters. The van der Waals surface area contributed by atoms with E-state index >= 15 is 0 Å². The number of amides is 1. The third-order valence-electron chi connectivity index (χ3n) is 4.33. The minimum Gasteiger partial charge on any atom is -0.497 e. The molecular formula is C19H23NO3. The maximum atomic E-state index is 12.1. The summed E-state index contributed by atoms with van der Waals surface area (Å²) in [5.74, 6) is 1.09. The molecule has 23 heavy (non-hydrogen) atoms. The second kappa shape index (κ2) is 7.01. The van der Waals surface area contributed by atoms with Crippen LogP contribution in [0.2, 0.25) is 0 Å². The zero-order chi connectivity index (χ0) is 16.2. The number of ether oxygens (including phenoxy) is 2. The Kier molecular flexibility index (Phi) is 4.82. The number of benzene rings is 2. The maximum Gasteiger partial charge on any atom is 0.222 e. The Morgan fingerprint density at radius 3 is 2.83 bits per heavy atom. The normalized spacial score (nSPS) is 18.2. The lowest BCUT2D eigenvalue weighted by atomic mass is 10.0. The van der Waals surface area contributed by atoms with E-state index in [-0.39, 0.29) is 12.0 Å². The summed E-state index contributed by atoms with van der Waals surface area (Å²) in [5, 5.41) is 2.30. The van der Waals surface area contributed by atoms with Gasteiger partial charge in [-0.15, -0.1) is 0 Å². The van der Waals surface area contributed by atoms with Gasteiger partial charge in [0.1, 0.15) is 11.9 Å². The molecule has 1 atom stereocenters. The Balaban J connectivity index is 1.80. The van der Waals surface area contributed by atoms with Gasteiger partial charge in [0, 0.05) is 13.0 Å². The molecule has 2 aromatic rings. The molecule has 1 amide bonds. The first kappa shape index (κ1) is 15.8. The van der Waals surface area contributed by atoms with Gasteiger partial charge in [-0.2, -0.15) is 0 Å². The van der Waals surface area contributed by atoms with E-state index < -0.39 is 0 Å². The third-order valence-corrected chi connectivity index (χ3v) is 4.33. The highest BCUT2D eigenvalue weighted by molar-refractivity contribution is 5.84. The van der Waals surface area contributed by atoms with Gasteiger partial charge in [-0.25, -0.2) is 0 Å². The van der Waals surface area contributed by atoms with Gasteiger partial charge in [0.15, 0.2) is 0 Å². The number of fused-ring (bicyclic) bond motifs is 1. The van der Waals surface area contributed by atoms with E-state index in [0.29, 0.717) is 26.1 Å². The van der Waals surface area contributed by atoms with Crippen molar-refractivity contribution < 1.29 is 14.3 Å². The van der Waals surface area contributed by atoms with Crippen molar-refractivity contribution in [3.8, 4) is 5.75 Å². The van der Waals surface area contributed by atoms with Crippen molar-refractivity contribution in [2.24, 2.45) is 0 Å². The fourth-order valence-corrected chi connectivity index (χ4v) is 3.02. The minimum atomic E-state index is -0.0453. The molecule has 4 nitrogen and oxygen atoms in total. The molecule has 4 heteroatoms. The first-order valence-electron chi connectivity index (χ1n) is 8.18. The number of rotatable bonds is 4. The molecule has 2 aromatic carbocycles. The Hall–Kier alpha value is -2.07. The van der Waals surface area contributed by atoms with Gasteiger partial charge in [0.05, 0.1) is 20.3 Å². The Bertz CT molecular complexity index is 698. The Morgan fingerprint density at radius 1 is 1.26 bits per heavy atom. The molecule has 0 saturated carbocycles. The predicted octanol–water partition coefficient (Wildman–Crippen LogP) is 3.55. The summed E-state index contributed by atoms with van der Waals surface area (Å²) in [6.07, 6.45) is 1.46. The van der Waals surface area contributed by atoms with Crippen molar-refractivity contribution in [3.63, 3.8) is 0 Å². The fraction of sp³-hybridized carbons (Fsp3) is 0.421. The number of morpholine rings is 1. The van der Waals surface area contributed by atoms with Gasteiger partial charge in [0.25, 0.3) is 0 Å². The summed E-state index contributed by atoms with van der Waals surface area (Å²) in [7, 11) is 1.67. The molecule has 0 spiro atoms. The summed E-state index contributed by atoms with van der Waals surface area (Å²) in [5.41, 5.74) is 1.12. The topological polar surface area (TPSA) is 38.8 Å². The molecule has 122 valence electrons. The largest absolute Gasteiger partial charge is 0.497 e. The number of carbonyl (C=O) groups excluding carboxylic acids is 1. The van der Waals surface area contributed by atoms with Crippen LogP contribution in [0.4, 0.5) is 0 Å². The molecule has 1 fully saturated rings. The predicted molar refractivity (Wildman–Crippen MR) is 90.7 cm³/mol. The SMILES string of the molecule is CCCC(=O)N1CCOC(c2ccc3cc(OC)ccc3c2)C1. The molecule has 0 N–H and O–H groups in total. The van der Waals surface area contributed by atoms with E-state index in [1.54, 1.807) is 7.11 Å². The molecule has 1 aliphatic heterocycles. The summed E-state index contributed by atoms with van der Waals surface area (Å²) >= 11 is 0. The molecule has 1 saturated heterocycles. The van der Waals surface area contributed by atoms with Gasteiger partial charge in [0.2, 0.25) is 5.91 Å². The lowest BCUT2D eigenvalue weighted by Crippen LogP contribution is -2.42. The van der Waals surface area contributed by atoms with Crippen LogP contribution < -0.4 is 4.74 Å². The quantitative estimate of drug-likeness (QED) is 0.866. The van der Waals surface area contributed by atoms with E-state index in [2.05, 4.69) is 24.3 Å². The van der Waals surface area contributed by atoms with Crippen molar-refractivity contribution in [1.82, 2.24) is 4.90 Å². The summed E-state index contributed by atoms with van der Waals surface area (Å²) < 4.78 is 11.2. The van der Waals surface area contributed by atoms with Crippen LogP contribution in [0.1, 0.15) is 31.4 Å². The van der Waals surface area contributed by atoms with Crippen molar-refractivity contribution in [1.29, 1.82) is 0 Å². The van der Waals surface area contributed by atoms with Crippen LogP contribution in [0.15, 0.2) is 36.4 Å². The van der Waals surface area contributed by atoms with Crippen LogP contribution in [0.5, 0.6) is 5.75 Å². The number of hydrogen-bond donors (Lipinski definition) is 0. The van der Waals surface area contributed by atoms with Gasteiger partial charge < -0.3 is 14.4 Å². The first-order valence-corrected chi connectivity index (χ1v) is 8.18. The molecule has 0 aromatic heterocycles. The number of methoxy groups -OCH3 is 1. The molecule has 3 rings (SSSR count). The molecule has 0 aliphatic carbocycles. The fourth-order valence-electron chi connectivity index (χ4n) is 3.02. The van der Waals surface area contributed by atoms with E-state index in [1.807, 2.05) is 24.0 Å². The summed E-state index contributed by atoms with van der Waals surface area (Å²) in [4.78, 5) is 14.0. The minimum absolute atomic E-state index is 0.0453. The van der Waals surface area contributed by atoms with Gasteiger partial charge in [-0.05, 0) is 41.0 Å². The molecule has 0 bridgehead atoms. The highest BCUT2D eigenvalue weighted by atomic mass is 16.5. The molecule has 1 heterocycles. The Labute approximate surface area is 137 Å². The lowest BCUT2D eigenvalue weighted by Gasteiger charge is -2.33.